The summed E-state index contributed by atoms with van der Waals surface area (Å²) in [6.07, 6.45) is -0.0439. The minimum absolute atomic E-state index is 0.000229. The number of hydrogen-bond donors (Lipinski definition) is 2. The third-order valence-corrected chi connectivity index (χ3v) is 4.41. The molecule has 1 amide bonds. The Morgan fingerprint density at radius 2 is 2.08 bits per heavy atom. The van der Waals surface area contributed by atoms with E-state index in [0.29, 0.717) is 9.99 Å². The number of aromatic nitrogens is 2. The Labute approximate surface area is 157 Å². The molecular weight excluding hydrogens is 405 g/mol. The van der Waals surface area contributed by atoms with Crippen molar-refractivity contribution in [2.24, 2.45) is 0 Å². The maximum Gasteiger partial charge on any atom is 0.407 e. The van der Waals surface area contributed by atoms with Gasteiger partial charge in [-0.05, 0) is 33.6 Å². The fourth-order valence-corrected chi connectivity index (χ4v) is 3.06. The molecule has 0 bridgehead atoms. The Hall–Kier alpha value is -2.45. The van der Waals surface area contributed by atoms with Crippen LogP contribution in [0.1, 0.15) is 5.56 Å². The van der Waals surface area contributed by atoms with Crippen LogP contribution in [0.25, 0.3) is 11.0 Å². The van der Waals surface area contributed by atoms with Gasteiger partial charge in [-0.25, -0.2) is 14.2 Å². The Morgan fingerprint density at radius 3 is 2.85 bits per heavy atom. The highest BCUT2D eigenvalue weighted by Crippen LogP contribution is 2.25. The molecule has 0 aliphatic carbocycles. The number of carbonyl (C=O) groups excluding carboxylic acids is 1. The molecule has 0 saturated heterocycles. The number of halogens is 2. The lowest BCUT2D eigenvalue weighted by Gasteiger charge is -2.14. The molecule has 2 aromatic carbocycles. The number of carbonyl (C=O) groups is 1. The molecule has 2 N–H and O–H groups in total. The van der Waals surface area contributed by atoms with Gasteiger partial charge < -0.3 is 19.7 Å². The van der Waals surface area contributed by atoms with E-state index in [9.17, 15) is 14.3 Å². The average Bonchev–Trinajstić information content (AvgIpc) is 3.07. The van der Waals surface area contributed by atoms with Gasteiger partial charge in [0.15, 0.2) is 5.82 Å². The molecule has 136 valence electrons. The van der Waals surface area contributed by atoms with Gasteiger partial charge in [0, 0.05) is 11.0 Å². The Balaban J connectivity index is 1.52. The van der Waals surface area contributed by atoms with Crippen molar-refractivity contribution in [1.82, 2.24) is 14.9 Å². The molecule has 0 spiro atoms. The molecule has 3 rings (SSSR count). The number of amides is 1. The third-order valence-electron chi connectivity index (χ3n) is 3.77. The van der Waals surface area contributed by atoms with Crippen molar-refractivity contribution >= 4 is 33.1 Å². The molecule has 8 heteroatoms. The van der Waals surface area contributed by atoms with Crippen LogP contribution in [-0.2, 0) is 17.9 Å². The zero-order valence-electron chi connectivity index (χ0n) is 13.7. The fraction of sp³-hybridized carbons (Fsp3) is 0.222. The van der Waals surface area contributed by atoms with Crippen LogP contribution in [0.15, 0.2) is 53.3 Å². The van der Waals surface area contributed by atoms with Crippen molar-refractivity contribution in [3.8, 4) is 0 Å². The maximum absolute atomic E-state index is 13.8. The summed E-state index contributed by atoms with van der Waals surface area (Å²) < 4.78 is 21.1. The number of fused-ring (bicyclic) bond motifs is 1. The molecule has 0 aliphatic rings. The van der Waals surface area contributed by atoms with Gasteiger partial charge in [-0.2, -0.15) is 0 Å². The summed E-state index contributed by atoms with van der Waals surface area (Å²) in [6.45, 7) is 0.304. The van der Waals surface area contributed by atoms with Gasteiger partial charge in [0.1, 0.15) is 12.1 Å². The van der Waals surface area contributed by atoms with Gasteiger partial charge in [0.05, 0.1) is 24.5 Å². The van der Waals surface area contributed by atoms with E-state index in [4.69, 9.17) is 4.74 Å². The molecule has 1 atom stereocenters. The number of benzene rings is 2. The van der Waals surface area contributed by atoms with Crippen molar-refractivity contribution < 1.29 is 19.0 Å². The summed E-state index contributed by atoms with van der Waals surface area (Å²) in [4.78, 5) is 15.7. The van der Waals surface area contributed by atoms with Gasteiger partial charge in [-0.1, -0.05) is 30.3 Å². The SMILES string of the molecule is O=C(NCC(O)Cn1cnc2c(F)ccc(Br)c21)OCc1ccccc1. The smallest absolute Gasteiger partial charge is 0.407 e. The van der Waals surface area contributed by atoms with E-state index in [1.54, 1.807) is 10.6 Å². The van der Waals surface area contributed by atoms with Crippen molar-refractivity contribution in [3.63, 3.8) is 0 Å². The van der Waals surface area contributed by atoms with Crippen molar-refractivity contribution in [1.29, 1.82) is 0 Å². The second kappa shape index (κ2) is 8.29. The Kier molecular flexibility index (Phi) is 5.85. The van der Waals surface area contributed by atoms with Crippen molar-refractivity contribution in [2.45, 2.75) is 19.3 Å². The topological polar surface area (TPSA) is 76.4 Å². The number of hydrogen-bond acceptors (Lipinski definition) is 4. The van der Waals surface area contributed by atoms with Gasteiger partial charge in [0.25, 0.3) is 0 Å². The number of aliphatic hydroxyl groups excluding tert-OH is 1. The number of alkyl carbamates (subject to hydrolysis) is 1. The Bertz CT molecular complexity index is 901. The van der Waals surface area contributed by atoms with Crippen molar-refractivity contribution in [2.75, 3.05) is 6.54 Å². The van der Waals surface area contributed by atoms with Gasteiger partial charge in [0.2, 0.25) is 0 Å². The van der Waals surface area contributed by atoms with E-state index in [0.717, 1.165) is 5.56 Å². The monoisotopic (exact) mass is 421 g/mol. The molecule has 6 nitrogen and oxygen atoms in total. The predicted octanol–water partition coefficient (Wildman–Crippen LogP) is 3.23. The second-order valence-corrected chi connectivity index (χ2v) is 6.57. The molecular formula is C18H17BrFN3O3. The van der Waals surface area contributed by atoms with Crippen LogP contribution >= 0.6 is 15.9 Å². The number of aliphatic hydroxyl groups is 1. The first-order valence-electron chi connectivity index (χ1n) is 7.96. The lowest BCUT2D eigenvalue weighted by Crippen LogP contribution is -2.34. The van der Waals surface area contributed by atoms with Crippen LogP contribution in [0, 0.1) is 5.82 Å². The average molecular weight is 422 g/mol. The lowest BCUT2D eigenvalue weighted by atomic mass is 10.2. The van der Waals surface area contributed by atoms with Crippen LogP contribution in [0.3, 0.4) is 0 Å². The maximum atomic E-state index is 13.8. The van der Waals surface area contributed by atoms with E-state index in [-0.39, 0.29) is 25.2 Å². The number of nitrogens with one attached hydrogen (secondary N) is 1. The zero-order valence-corrected chi connectivity index (χ0v) is 15.3. The summed E-state index contributed by atoms with van der Waals surface area (Å²) in [5.74, 6) is -0.431. The number of ether oxygens (including phenoxy) is 1. The number of imidazole rings is 1. The van der Waals surface area contributed by atoms with E-state index < -0.39 is 18.0 Å². The molecule has 3 aromatic rings. The first kappa shape index (κ1) is 18.3. The normalized spacial score (nSPS) is 12.1. The Morgan fingerprint density at radius 1 is 1.31 bits per heavy atom. The van der Waals surface area contributed by atoms with Crippen LogP contribution in [-0.4, -0.2) is 33.4 Å². The minimum atomic E-state index is -0.883. The minimum Gasteiger partial charge on any atom is -0.445 e. The first-order valence-corrected chi connectivity index (χ1v) is 8.75. The third kappa shape index (κ3) is 4.39. The number of rotatable bonds is 6. The summed E-state index contributed by atoms with van der Waals surface area (Å²) >= 11 is 3.36. The molecule has 1 unspecified atom stereocenters. The van der Waals surface area contributed by atoms with Crippen LogP contribution in [0.5, 0.6) is 0 Å². The summed E-state index contributed by atoms with van der Waals surface area (Å²) in [5, 5.41) is 12.7. The van der Waals surface area contributed by atoms with E-state index >= 15 is 0 Å². The highest BCUT2D eigenvalue weighted by Gasteiger charge is 2.14. The van der Waals surface area contributed by atoms with Crippen LogP contribution in [0.4, 0.5) is 9.18 Å². The highest BCUT2D eigenvalue weighted by atomic mass is 79.9. The molecule has 0 radical (unpaired) electrons. The van der Waals surface area contributed by atoms with Gasteiger partial charge >= 0.3 is 6.09 Å². The summed E-state index contributed by atoms with van der Waals surface area (Å²) in [5.41, 5.74) is 1.65. The van der Waals surface area contributed by atoms with Gasteiger partial charge in [-0.3, -0.25) is 0 Å². The van der Waals surface area contributed by atoms with E-state index in [1.165, 1.54) is 12.4 Å². The van der Waals surface area contributed by atoms with Crippen molar-refractivity contribution in [3.05, 3.63) is 64.6 Å². The summed E-state index contributed by atoms with van der Waals surface area (Å²) in [7, 11) is 0. The standard InChI is InChI=1S/C18H17BrFN3O3/c19-14-6-7-15(20)16-17(14)23(11-22-16)9-13(24)8-21-18(25)26-10-12-4-2-1-3-5-12/h1-7,11,13,24H,8-10H2,(H,21,25). The highest BCUT2D eigenvalue weighted by molar-refractivity contribution is 9.10. The van der Waals surface area contributed by atoms with Crippen LogP contribution in [0.2, 0.25) is 0 Å². The summed E-state index contributed by atoms with van der Waals surface area (Å²) in [6, 6.07) is 12.2. The quantitative estimate of drug-likeness (QED) is 0.640. The molecule has 0 saturated carbocycles. The number of nitrogens with zero attached hydrogens (tertiary/aromatic N) is 2. The first-order chi connectivity index (χ1) is 12.5. The largest absolute Gasteiger partial charge is 0.445 e. The molecule has 0 aliphatic heterocycles. The molecule has 1 heterocycles. The zero-order chi connectivity index (χ0) is 18.5. The molecule has 0 fully saturated rings. The van der Waals surface area contributed by atoms with Crippen LogP contribution < -0.4 is 5.32 Å². The predicted molar refractivity (Wildman–Crippen MR) is 98.0 cm³/mol. The molecule has 26 heavy (non-hydrogen) atoms. The fourth-order valence-electron chi connectivity index (χ4n) is 2.52. The lowest BCUT2D eigenvalue weighted by molar-refractivity contribution is 0.120. The van der Waals surface area contributed by atoms with E-state index in [1.807, 2.05) is 30.3 Å². The van der Waals surface area contributed by atoms with E-state index in [2.05, 4.69) is 26.2 Å². The second-order valence-electron chi connectivity index (χ2n) is 5.72. The van der Waals surface area contributed by atoms with Gasteiger partial charge in [-0.15, -0.1) is 0 Å². The molecule has 1 aromatic heterocycles.